The number of rotatable bonds is 7. The van der Waals surface area contributed by atoms with Gasteiger partial charge in [-0.15, -0.1) is 0 Å². The van der Waals surface area contributed by atoms with Crippen LogP contribution in [0.3, 0.4) is 0 Å². The van der Waals surface area contributed by atoms with Gasteiger partial charge in [0.25, 0.3) is 0 Å². The zero-order valence-electron chi connectivity index (χ0n) is 10.5. The van der Waals surface area contributed by atoms with Crippen LogP contribution in [0.4, 0.5) is 0 Å². The number of hydrogen-bond acceptors (Lipinski definition) is 2. The molecule has 0 aromatic carbocycles. The predicted octanol–water partition coefficient (Wildman–Crippen LogP) is 2.67. The van der Waals surface area contributed by atoms with Crippen LogP contribution in [0.25, 0.3) is 0 Å². The molecule has 0 radical (unpaired) electrons. The second kappa shape index (κ2) is 6.49. The maximum atomic E-state index is 5.71. The quantitative estimate of drug-likeness (QED) is 0.637. The molecule has 0 amide bonds. The lowest BCUT2D eigenvalue weighted by atomic mass is 9.89. The summed E-state index contributed by atoms with van der Waals surface area (Å²) in [5.41, 5.74) is 6.31. The van der Waals surface area contributed by atoms with Gasteiger partial charge in [0.15, 0.2) is 0 Å². The summed E-state index contributed by atoms with van der Waals surface area (Å²) in [6.45, 7) is 6.90. The maximum absolute atomic E-state index is 5.71. The summed E-state index contributed by atoms with van der Waals surface area (Å²) in [5, 5.41) is 3.60. The van der Waals surface area contributed by atoms with E-state index in [4.69, 9.17) is 5.73 Å². The summed E-state index contributed by atoms with van der Waals surface area (Å²) >= 11 is 0. The molecule has 1 fully saturated rings. The first-order valence-electron chi connectivity index (χ1n) is 6.59. The van der Waals surface area contributed by atoms with E-state index in [1.54, 1.807) is 0 Å². The molecule has 2 nitrogen and oxygen atoms in total. The molecule has 0 saturated heterocycles. The van der Waals surface area contributed by atoms with E-state index in [-0.39, 0.29) is 0 Å². The van der Waals surface area contributed by atoms with Crippen LogP contribution in [0.5, 0.6) is 0 Å². The molecular formula is C13H28N2. The highest BCUT2D eigenvalue weighted by molar-refractivity contribution is 4.82. The highest BCUT2D eigenvalue weighted by atomic mass is 14.9. The monoisotopic (exact) mass is 212 g/mol. The smallest absolute Gasteiger partial charge is 0.00104 e. The van der Waals surface area contributed by atoms with Crippen LogP contribution >= 0.6 is 0 Å². The van der Waals surface area contributed by atoms with Gasteiger partial charge < -0.3 is 11.1 Å². The Balaban J connectivity index is 1.92. The topological polar surface area (TPSA) is 38.0 Å². The minimum atomic E-state index is 0.373. The Kier molecular flexibility index (Phi) is 5.62. The minimum Gasteiger partial charge on any atom is -0.328 e. The number of unbranched alkanes of at least 4 members (excludes halogenated alkanes) is 1. The Bertz CT molecular complexity index is 160. The molecular weight excluding hydrogens is 184 g/mol. The second-order valence-electron chi connectivity index (χ2n) is 5.67. The second-order valence-corrected chi connectivity index (χ2v) is 5.67. The van der Waals surface area contributed by atoms with E-state index >= 15 is 0 Å². The average molecular weight is 212 g/mol. The lowest BCUT2D eigenvalue weighted by Crippen LogP contribution is -2.30. The molecule has 0 heterocycles. The zero-order chi connectivity index (χ0) is 11.1. The van der Waals surface area contributed by atoms with Crippen molar-refractivity contribution < 1.29 is 0 Å². The van der Waals surface area contributed by atoms with Gasteiger partial charge >= 0.3 is 0 Å². The number of nitrogens with two attached hydrogens (primary N) is 1. The van der Waals surface area contributed by atoms with Crippen LogP contribution in [0.1, 0.15) is 58.8 Å². The molecule has 1 atom stereocenters. The van der Waals surface area contributed by atoms with E-state index in [2.05, 4.69) is 19.2 Å². The Labute approximate surface area is 95.0 Å². The van der Waals surface area contributed by atoms with E-state index in [1.807, 2.05) is 0 Å². The Hall–Kier alpha value is -0.0800. The van der Waals surface area contributed by atoms with E-state index in [0.717, 1.165) is 0 Å². The van der Waals surface area contributed by atoms with Crippen molar-refractivity contribution >= 4 is 0 Å². The van der Waals surface area contributed by atoms with E-state index in [0.29, 0.717) is 11.5 Å². The van der Waals surface area contributed by atoms with Gasteiger partial charge in [0.2, 0.25) is 0 Å². The molecule has 90 valence electrons. The molecule has 0 aromatic heterocycles. The van der Waals surface area contributed by atoms with Crippen molar-refractivity contribution in [3.63, 3.8) is 0 Å². The van der Waals surface area contributed by atoms with Crippen molar-refractivity contribution in [2.75, 3.05) is 13.1 Å². The van der Waals surface area contributed by atoms with Gasteiger partial charge in [-0.1, -0.05) is 26.2 Å². The van der Waals surface area contributed by atoms with Gasteiger partial charge in [0, 0.05) is 12.6 Å². The molecule has 3 N–H and O–H groups in total. The largest absolute Gasteiger partial charge is 0.328 e. The van der Waals surface area contributed by atoms with Gasteiger partial charge in [0.05, 0.1) is 0 Å². The van der Waals surface area contributed by atoms with Crippen LogP contribution < -0.4 is 11.1 Å². The summed E-state index contributed by atoms with van der Waals surface area (Å²) in [6.07, 6.45) is 9.41. The third-order valence-corrected chi connectivity index (χ3v) is 3.63. The van der Waals surface area contributed by atoms with Crippen LogP contribution in [-0.4, -0.2) is 19.1 Å². The fourth-order valence-electron chi connectivity index (χ4n) is 2.51. The molecule has 0 spiro atoms. The lowest BCUT2D eigenvalue weighted by molar-refractivity contribution is 0.314. The van der Waals surface area contributed by atoms with Crippen molar-refractivity contribution in [2.24, 2.45) is 11.1 Å². The third-order valence-electron chi connectivity index (χ3n) is 3.63. The molecule has 0 bridgehead atoms. The first-order chi connectivity index (χ1) is 7.12. The van der Waals surface area contributed by atoms with Crippen molar-refractivity contribution in [1.82, 2.24) is 5.32 Å². The summed E-state index contributed by atoms with van der Waals surface area (Å²) in [6, 6.07) is 0.373. The highest BCUT2D eigenvalue weighted by Crippen LogP contribution is 2.36. The molecule has 1 aliphatic rings. The average Bonchev–Trinajstić information content (AvgIpc) is 2.58. The predicted molar refractivity (Wildman–Crippen MR) is 66.9 cm³/mol. The normalized spacial score (nSPS) is 21.8. The summed E-state index contributed by atoms with van der Waals surface area (Å²) < 4.78 is 0. The van der Waals surface area contributed by atoms with Gasteiger partial charge in [-0.3, -0.25) is 0 Å². The van der Waals surface area contributed by atoms with E-state index in [1.165, 1.54) is 58.0 Å². The number of hydrogen-bond donors (Lipinski definition) is 2. The maximum Gasteiger partial charge on any atom is 0.00104 e. The Morgan fingerprint density at radius 1 is 1.27 bits per heavy atom. The van der Waals surface area contributed by atoms with Crippen LogP contribution in [0, 0.1) is 5.41 Å². The summed E-state index contributed by atoms with van der Waals surface area (Å²) in [4.78, 5) is 0. The lowest BCUT2D eigenvalue weighted by Gasteiger charge is -2.23. The molecule has 1 saturated carbocycles. The minimum absolute atomic E-state index is 0.373. The van der Waals surface area contributed by atoms with Gasteiger partial charge in [0.1, 0.15) is 0 Å². The highest BCUT2D eigenvalue weighted by Gasteiger charge is 2.27. The summed E-state index contributed by atoms with van der Waals surface area (Å²) in [5.74, 6) is 0. The standard InChI is InChI=1S/C13H28N2/c1-12(14)7-3-6-10-15-11-13(2)8-4-5-9-13/h12,15H,3-11,14H2,1-2H3. The first-order valence-corrected chi connectivity index (χ1v) is 6.59. The third kappa shape index (κ3) is 5.53. The van der Waals surface area contributed by atoms with Gasteiger partial charge in [-0.25, -0.2) is 0 Å². The van der Waals surface area contributed by atoms with Crippen LogP contribution in [0.2, 0.25) is 0 Å². The fourth-order valence-corrected chi connectivity index (χ4v) is 2.51. The molecule has 15 heavy (non-hydrogen) atoms. The van der Waals surface area contributed by atoms with Gasteiger partial charge in [-0.05, 0) is 44.6 Å². The molecule has 0 aromatic rings. The molecule has 2 heteroatoms. The van der Waals surface area contributed by atoms with Crippen molar-refractivity contribution in [3.05, 3.63) is 0 Å². The van der Waals surface area contributed by atoms with Crippen molar-refractivity contribution in [3.8, 4) is 0 Å². The zero-order valence-corrected chi connectivity index (χ0v) is 10.5. The molecule has 1 unspecified atom stereocenters. The van der Waals surface area contributed by atoms with E-state index < -0.39 is 0 Å². The molecule has 1 aliphatic carbocycles. The Morgan fingerprint density at radius 2 is 1.93 bits per heavy atom. The molecule has 0 aliphatic heterocycles. The van der Waals surface area contributed by atoms with Crippen molar-refractivity contribution in [2.45, 2.75) is 64.8 Å². The van der Waals surface area contributed by atoms with Gasteiger partial charge in [-0.2, -0.15) is 0 Å². The van der Waals surface area contributed by atoms with E-state index in [9.17, 15) is 0 Å². The molecule has 1 rings (SSSR count). The van der Waals surface area contributed by atoms with Crippen LogP contribution in [-0.2, 0) is 0 Å². The fraction of sp³-hybridized carbons (Fsp3) is 1.00. The summed E-state index contributed by atoms with van der Waals surface area (Å²) in [7, 11) is 0. The SMILES string of the molecule is CC(N)CCCCNCC1(C)CCCC1. The first kappa shape index (κ1) is 13.0. The van der Waals surface area contributed by atoms with Crippen LogP contribution in [0.15, 0.2) is 0 Å². The van der Waals surface area contributed by atoms with Crippen molar-refractivity contribution in [1.29, 1.82) is 0 Å². The number of nitrogens with one attached hydrogen (secondary N) is 1. The Morgan fingerprint density at radius 3 is 2.53 bits per heavy atom.